The van der Waals surface area contributed by atoms with Crippen LogP contribution in [0.1, 0.15) is 11.1 Å². The zero-order valence-corrected chi connectivity index (χ0v) is 17.5. The van der Waals surface area contributed by atoms with Gasteiger partial charge in [-0.3, -0.25) is 0 Å². The van der Waals surface area contributed by atoms with Gasteiger partial charge in [0.05, 0.1) is 32.2 Å². The molecule has 2 heterocycles. The molecule has 1 aliphatic rings. The number of ether oxygens (including phenoxy) is 2. The molecule has 0 aliphatic carbocycles. The van der Waals surface area contributed by atoms with Crippen molar-refractivity contribution in [3.8, 4) is 23.1 Å². The van der Waals surface area contributed by atoms with Gasteiger partial charge >= 0.3 is 0 Å². The fourth-order valence-corrected chi connectivity index (χ4v) is 3.30. The number of morpholine rings is 1. The lowest BCUT2D eigenvalue weighted by atomic mass is 10.1. The van der Waals surface area contributed by atoms with Crippen LogP contribution in [0.2, 0.25) is 0 Å². The van der Waals surface area contributed by atoms with Gasteiger partial charge in [-0.05, 0) is 30.3 Å². The minimum atomic E-state index is -0.383. The highest BCUT2D eigenvalue weighted by Crippen LogP contribution is 2.31. The van der Waals surface area contributed by atoms with Crippen LogP contribution in [0.25, 0.3) is 11.3 Å². The topological polar surface area (TPSA) is 95.7 Å². The third-order valence-electron chi connectivity index (χ3n) is 4.95. The van der Waals surface area contributed by atoms with Crippen LogP contribution in [0.3, 0.4) is 0 Å². The molecule has 4 rings (SSSR count). The van der Waals surface area contributed by atoms with E-state index in [1.54, 1.807) is 37.4 Å². The number of hydrazone groups is 1. The first-order chi connectivity index (χ1) is 15.7. The Kier molecular flexibility index (Phi) is 6.53. The molecule has 0 spiro atoms. The standard InChI is InChI=1S/C23H21FN6O2/c1-31-18-8-6-16(7-9-18)21-19(14-25)22(30-10-12-32-13-11-30)28-23(27-21)29-26-15-17-4-2-3-5-20(17)24/h2-9,15H,10-13H2,1H3,(H,27,28,29)/b26-15+. The van der Waals surface area contributed by atoms with Gasteiger partial charge in [0.15, 0.2) is 5.82 Å². The SMILES string of the molecule is COc1ccc(-c2nc(N/N=C/c3ccccc3F)nc(N3CCOCC3)c2C#N)cc1. The van der Waals surface area contributed by atoms with E-state index >= 15 is 0 Å². The van der Waals surface area contributed by atoms with E-state index in [9.17, 15) is 9.65 Å². The Balaban J connectivity index is 1.73. The molecule has 2 aromatic carbocycles. The average Bonchev–Trinajstić information content (AvgIpc) is 2.85. The number of nitrogens with zero attached hydrogens (tertiary/aromatic N) is 5. The van der Waals surface area contributed by atoms with E-state index in [-0.39, 0.29) is 11.8 Å². The van der Waals surface area contributed by atoms with Crippen molar-refractivity contribution in [3.63, 3.8) is 0 Å². The second-order valence-electron chi connectivity index (χ2n) is 6.93. The Morgan fingerprint density at radius 1 is 1.16 bits per heavy atom. The van der Waals surface area contributed by atoms with Crippen LogP contribution in [0.5, 0.6) is 5.75 Å². The van der Waals surface area contributed by atoms with Gasteiger partial charge in [-0.1, -0.05) is 18.2 Å². The summed E-state index contributed by atoms with van der Waals surface area (Å²) in [4.78, 5) is 11.1. The molecule has 0 amide bonds. The third-order valence-corrected chi connectivity index (χ3v) is 4.95. The molecule has 1 aromatic heterocycles. The molecular formula is C23H21FN6O2. The Morgan fingerprint density at radius 2 is 1.91 bits per heavy atom. The van der Waals surface area contributed by atoms with E-state index in [4.69, 9.17) is 9.47 Å². The second kappa shape index (κ2) is 9.85. The number of halogens is 1. The quantitative estimate of drug-likeness (QED) is 0.471. The molecule has 1 fully saturated rings. The van der Waals surface area contributed by atoms with Crippen LogP contribution in [-0.2, 0) is 4.74 Å². The van der Waals surface area contributed by atoms with E-state index in [0.29, 0.717) is 54.7 Å². The lowest BCUT2D eigenvalue weighted by Gasteiger charge is -2.29. The molecule has 1 N–H and O–H groups in total. The van der Waals surface area contributed by atoms with Crippen molar-refractivity contribution in [3.05, 3.63) is 65.5 Å². The van der Waals surface area contributed by atoms with Gasteiger partial charge in [0.2, 0.25) is 5.95 Å². The number of anilines is 2. The van der Waals surface area contributed by atoms with Crippen molar-refractivity contribution >= 4 is 18.0 Å². The summed E-state index contributed by atoms with van der Waals surface area (Å²) >= 11 is 0. The molecule has 162 valence electrons. The fourth-order valence-electron chi connectivity index (χ4n) is 3.30. The Morgan fingerprint density at radius 3 is 2.59 bits per heavy atom. The smallest absolute Gasteiger partial charge is 0.246 e. The van der Waals surface area contributed by atoms with Crippen LogP contribution in [0, 0.1) is 17.1 Å². The van der Waals surface area contributed by atoms with Crippen molar-refractivity contribution in [1.82, 2.24) is 9.97 Å². The molecule has 32 heavy (non-hydrogen) atoms. The molecule has 1 aliphatic heterocycles. The van der Waals surface area contributed by atoms with Gasteiger partial charge in [-0.2, -0.15) is 15.3 Å². The molecule has 1 saturated heterocycles. The molecule has 0 saturated carbocycles. The highest BCUT2D eigenvalue weighted by Gasteiger charge is 2.22. The number of aromatic nitrogens is 2. The summed E-state index contributed by atoms with van der Waals surface area (Å²) in [5, 5.41) is 14.0. The number of hydrogen-bond acceptors (Lipinski definition) is 8. The summed E-state index contributed by atoms with van der Waals surface area (Å²) < 4.78 is 24.5. The predicted molar refractivity (Wildman–Crippen MR) is 119 cm³/mol. The van der Waals surface area contributed by atoms with Crippen molar-refractivity contribution in [1.29, 1.82) is 5.26 Å². The summed E-state index contributed by atoms with van der Waals surface area (Å²) in [5.74, 6) is 1.01. The predicted octanol–water partition coefficient (Wildman–Crippen LogP) is 3.45. The molecule has 0 atom stereocenters. The molecule has 0 bridgehead atoms. The van der Waals surface area contributed by atoms with Crippen molar-refractivity contribution in [2.75, 3.05) is 43.7 Å². The maximum absolute atomic E-state index is 13.9. The van der Waals surface area contributed by atoms with Crippen LogP contribution < -0.4 is 15.1 Å². The van der Waals surface area contributed by atoms with Gasteiger partial charge in [-0.25, -0.2) is 14.8 Å². The average molecular weight is 432 g/mol. The van der Waals surface area contributed by atoms with E-state index in [2.05, 4.69) is 26.6 Å². The van der Waals surface area contributed by atoms with Crippen LogP contribution in [0.4, 0.5) is 16.2 Å². The molecular weight excluding hydrogens is 411 g/mol. The Hall–Kier alpha value is -4.03. The summed E-state index contributed by atoms with van der Waals surface area (Å²) in [6.45, 7) is 2.29. The zero-order chi connectivity index (χ0) is 22.3. The summed E-state index contributed by atoms with van der Waals surface area (Å²) in [6.07, 6.45) is 1.36. The maximum Gasteiger partial charge on any atom is 0.246 e. The molecule has 8 nitrogen and oxygen atoms in total. The monoisotopic (exact) mass is 432 g/mol. The summed E-state index contributed by atoms with van der Waals surface area (Å²) in [7, 11) is 1.59. The van der Waals surface area contributed by atoms with Crippen LogP contribution >= 0.6 is 0 Å². The van der Waals surface area contributed by atoms with E-state index < -0.39 is 0 Å². The Bertz CT molecular complexity index is 1150. The number of methoxy groups -OCH3 is 1. The highest BCUT2D eigenvalue weighted by atomic mass is 19.1. The number of nitriles is 1. The van der Waals surface area contributed by atoms with E-state index in [0.717, 1.165) is 5.56 Å². The number of benzene rings is 2. The molecule has 3 aromatic rings. The third kappa shape index (κ3) is 4.66. The molecule has 9 heteroatoms. The second-order valence-corrected chi connectivity index (χ2v) is 6.93. The first-order valence-electron chi connectivity index (χ1n) is 10.0. The first kappa shape index (κ1) is 21.2. The normalized spacial score (nSPS) is 13.7. The minimum Gasteiger partial charge on any atom is -0.497 e. The van der Waals surface area contributed by atoms with Crippen LogP contribution in [-0.4, -0.2) is 49.6 Å². The van der Waals surface area contributed by atoms with Crippen molar-refractivity contribution in [2.24, 2.45) is 5.10 Å². The Labute approximate surface area is 184 Å². The first-order valence-corrected chi connectivity index (χ1v) is 10.0. The van der Waals surface area contributed by atoms with Gasteiger partial charge in [0, 0.05) is 24.2 Å². The van der Waals surface area contributed by atoms with Gasteiger partial charge in [0.25, 0.3) is 0 Å². The van der Waals surface area contributed by atoms with Crippen LogP contribution in [0.15, 0.2) is 53.6 Å². The minimum absolute atomic E-state index is 0.198. The lowest BCUT2D eigenvalue weighted by Crippen LogP contribution is -2.37. The van der Waals surface area contributed by atoms with E-state index in [1.807, 2.05) is 17.0 Å². The zero-order valence-electron chi connectivity index (χ0n) is 17.5. The van der Waals surface area contributed by atoms with Crippen molar-refractivity contribution < 1.29 is 13.9 Å². The van der Waals surface area contributed by atoms with Gasteiger partial charge in [-0.15, -0.1) is 0 Å². The molecule has 0 radical (unpaired) electrons. The fraction of sp³-hybridized carbons (Fsp3) is 0.217. The largest absolute Gasteiger partial charge is 0.497 e. The number of nitrogens with one attached hydrogen (secondary N) is 1. The van der Waals surface area contributed by atoms with E-state index in [1.165, 1.54) is 12.3 Å². The molecule has 0 unspecified atom stereocenters. The highest BCUT2D eigenvalue weighted by molar-refractivity contribution is 5.80. The number of hydrogen-bond donors (Lipinski definition) is 1. The maximum atomic E-state index is 13.9. The summed E-state index contributed by atoms with van der Waals surface area (Å²) in [5.41, 5.74) is 4.67. The lowest BCUT2D eigenvalue weighted by molar-refractivity contribution is 0.122. The summed E-state index contributed by atoms with van der Waals surface area (Å²) in [6, 6.07) is 15.8. The van der Waals surface area contributed by atoms with Gasteiger partial charge < -0.3 is 14.4 Å². The van der Waals surface area contributed by atoms with Gasteiger partial charge in [0.1, 0.15) is 23.2 Å². The number of rotatable bonds is 6. The van der Waals surface area contributed by atoms with Crippen molar-refractivity contribution in [2.45, 2.75) is 0 Å².